The first-order chi connectivity index (χ1) is 12.3. The van der Waals surface area contributed by atoms with Crippen molar-refractivity contribution in [2.75, 3.05) is 13.1 Å². The molecule has 0 aliphatic carbocycles. The van der Waals surface area contributed by atoms with E-state index in [-0.39, 0.29) is 12.5 Å². The number of carbonyl (C=O) groups is 2. The van der Waals surface area contributed by atoms with Crippen LogP contribution in [0.3, 0.4) is 0 Å². The number of benzene rings is 1. The summed E-state index contributed by atoms with van der Waals surface area (Å²) in [6.07, 6.45) is 1.29. The Balaban J connectivity index is 1.76. The molecule has 0 radical (unpaired) electrons. The van der Waals surface area contributed by atoms with Gasteiger partial charge in [-0.15, -0.1) is 11.3 Å². The minimum atomic E-state index is -0.876. The third-order valence-electron chi connectivity index (χ3n) is 5.05. The summed E-state index contributed by atoms with van der Waals surface area (Å²) >= 11 is 1.44. The molecule has 2 heterocycles. The first-order valence-corrected chi connectivity index (χ1v) is 9.77. The van der Waals surface area contributed by atoms with Gasteiger partial charge < -0.3 is 10.0 Å². The molecule has 0 saturated carbocycles. The van der Waals surface area contributed by atoms with Crippen LogP contribution in [0.5, 0.6) is 0 Å². The highest BCUT2D eigenvalue weighted by atomic mass is 32.1. The van der Waals surface area contributed by atoms with Gasteiger partial charge in [-0.1, -0.05) is 38.1 Å². The van der Waals surface area contributed by atoms with Crippen LogP contribution in [0.4, 0.5) is 0 Å². The van der Waals surface area contributed by atoms with Gasteiger partial charge in [0.15, 0.2) is 0 Å². The Labute approximate surface area is 157 Å². The number of likely N-dealkylation sites (tertiary alicyclic amines) is 1. The van der Waals surface area contributed by atoms with E-state index in [0.717, 1.165) is 10.6 Å². The SMILES string of the molecule is CC(C)c1ccc(-c2nc(C(=O)N3CCCC(C)(C(=O)O)C3)cs2)cc1. The highest BCUT2D eigenvalue weighted by Crippen LogP contribution is 2.31. The summed E-state index contributed by atoms with van der Waals surface area (Å²) in [7, 11) is 0. The van der Waals surface area contributed by atoms with Crippen LogP contribution in [-0.4, -0.2) is 40.0 Å². The molecule has 1 amide bonds. The molecule has 1 aromatic carbocycles. The molecule has 138 valence electrons. The Morgan fingerprint density at radius 2 is 1.96 bits per heavy atom. The summed E-state index contributed by atoms with van der Waals surface area (Å²) in [5.74, 6) is -0.558. The lowest BCUT2D eigenvalue weighted by Gasteiger charge is -2.37. The molecule has 6 heteroatoms. The van der Waals surface area contributed by atoms with Crippen LogP contribution in [0.15, 0.2) is 29.6 Å². The van der Waals surface area contributed by atoms with E-state index in [4.69, 9.17) is 0 Å². The van der Waals surface area contributed by atoms with Crippen molar-refractivity contribution in [1.29, 1.82) is 0 Å². The van der Waals surface area contributed by atoms with Crippen molar-refractivity contribution in [2.45, 2.75) is 39.5 Å². The summed E-state index contributed by atoms with van der Waals surface area (Å²) in [6, 6.07) is 8.24. The van der Waals surface area contributed by atoms with Gasteiger partial charge in [0.1, 0.15) is 10.7 Å². The van der Waals surface area contributed by atoms with E-state index in [1.54, 1.807) is 17.2 Å². The topological polar surface area (TPSA) is 70.5 Å². The fourth-order valence-electron chi connectivity index (χ4n) is 3.26. The molecular formula is C20H24N2O3S. The Hall–Kier alpha value is -2.21. The number of thiazole rings is 1. The molecule has 1 fully saturated rings. The monoisotopic (exact) mass is 372 g/mol. The number of hydrogen-bond donors (Lipinski definition) is 1. The van der Waals surface area contributed by atoms with Gasteiger partial charge in [0.05, 0.1) is 5.41 Å². The molecule has 1 aliphatic heterocycles. The van der Waals surface area contributed by atoms with Gasteiger partial charge in [0, 0.05) is 24.0 Å². The van der Waals surface area contributed by atoms with E-state index in [2.05, 4.69) is 31.0 Å². The van der Waals surface area contributed by atoms with Crippen LogP contribution < -0.4 is 0 Å². The maximum Gasteiger partial charge on any atom is 0.311 e. The average molecular weight is 372 g/mol. The molecular weight excluding hydrogens is 348 g/mol. The number of nitrogens with zero attached hydrogens (tertiary/aromatic N) is 2. The molecule has 0 bridgehead atoms. The number of carbonyl (C=O) groups excluding carboxylic acids is 1. The van der Waals surface area contributed by atoms with Crippen molar-refractivity contribution in [2.24, 2.45) is 5.41 Å². The van der Waals surface area contributed by atoms with Crippen molar-refractivity contribution < 1.29 is 14.7 Å². The highest BCUT2D eigenvalue weighted by molar-refractivity contribution is 7.13. The number of aromatic nitrogens is 1. The van der Waals surface area contributed by atoms with Gasteiger partial charge in [-0.05, 0) is 31.2 Å². The minimum Gasteiger partial charge on any atom is -0.481 e. The first-order valence-electron chi connectivity index (χ1n) is 8.89. The Morgan fingerprint density at radius 1 is 1.27 bits per heavy atom. The molecule has 1 aromatic heterocycles. The summed E-state index contributed by atoms with van der Waals surface area (Å²) in [4.78, 5) is 30.4. The van der Waals surface area contributed by atoms with Crippen molar-refractivity contribution in [3.63, 3.8) is 0 Å². The van der Waals surface area contributed by atoms with Crippen molar-refractivity contribution in [3.8, 4) is 10.6 Å². The number of rotatable bonds is 4. The summed E-state index contributed by atoms with van der Waals surface area (Å²) in [5.41, 5.74) is 1.78. The average Bonchev–Trinajstić information content (AvgIpc) is 3.11. The summed E-state index contributed by atoms with van der Waals surface area (Å²) < 4.78 is 0. The van der Waals surface area contributed by atoms with E-state index < -0.39 is 11.4 Å². The number of carboxylic acid groups (broad SMARTS) is 1. The molecule has 1 unspecified atom stereocenters. The molecule has 1 atom stereocenters. The van der Waals surface area contributed by atoms with E-state index in [9.17, 15) is 14.7 Å². The third kappa shape index (κ3) is 3.65. The third-order valence-corrected chi connectivity index (χ3v) is 5.94. The second kappa shape index (κ2) is 7.19. The van der Waals surface area contributed by atoms with Crippen LogP contribution in [0.25, 0.3) is 10.6 Å². The molecule has 3 rings (SSSR count). The number of amides is 1. The van der Waals surface area contributed by atoms with Crippen molar-refractivity contribution in [3.05, 3.63) is 40.9 Å². The van der Waals surface area contributed by atoms with E-state index in [1.807, 2.05) is 12.1 Å². The zero-order chi connectivity index (χ0) is 18.9. The molecule has 2 aromatic rings. The number of carboxylic acids is 1. The van der Waals surface area contributed by atoms with E-state index in [0.29, 0.717) is 31.0 Å². The smallest absolute Gasteiger partial charge is 0.311 e. The minimum absolute atomic E-state index is 0.182. The zero-order valence-electron chi connectivity index (χ0n) is 15.4. The molecule has 1 N–H and O–H groups in total. The maximum atomic E-state index is 12.8. The van der Waals surface area contributed by atoms with Crippen LogP contribution in [-0.2, 0) is 4.79 Å². The van der Waals surface area contributed by atoms with E-state index in [1.165, 1.54) is 16.9 Å². The Morgan fingerprint density at radius 3 is 2.58 bits per heavy atom. The van der Waals surface area contributed by atoms with E-state index >= 15 is 0 Å². The molecule has 0 spiro atoms. The molecule has 5 nitrogen and oxygen atoms in total. The number of piperidine rings is 1. The maximum absolute atomic E-state index is 12.8. The summed E-state index contributed by atoms with van der Waals surface area (Å²) in [5, 5.41) is 12.0. The number of aliphatic carboxylic acids is 1. The van der Waals surface area contributed by atoms with Crippen LogP contribution in [0, 0.1) is 5.41 Å². The molecule has 1 saturated heterocycles. The largest absolute Gasteiger partial charge is 0.481 e. The highest BCUT2D eigenvalue weighted by Gasteiger charge is 2.39. The van der Waals surface area contributed by atoms with Gasteiger partial charge in [0.2, 0.25) is 0 Å². The zero-order valence-corrected chi connectivity index (χ0v) is 16.2. The van der Waals surface area contributed by atoms with Gasteiger partial charge in [-0.2, -0.15) is 0 Å². The van der Waals surface area contributed by atoms with Gasteiger partial charge in [-0.25, -0.2) is 4.98 Å². The van der Waals surface area contributed by atoms with Gasteiger partial charge in [0.25, 0.3) is 5.91 Å². The Kier molecular flexibility index (Phi) is 5.14. The predicted molar refractivity (Wildman–Crippen MR) is 103 cm³/mol. The first kappa shape index (κ1) is 18.6. The number of hydrogen-bond acceptors (Lipinski definition) is 4. The standard InChI is InChI=1S/C20H24N2O3S/c1-13(2)14-5-7-15(8-6-14)17-21-16(11-26-17)18(23)22-10-4-9-20(3,12-22)19(24)25/h5-8,11,13H,4,9-10,12H2,1-3H3,(H,24,25). The molecule has 1 aliphatic rings. The molecule has 26 heavy (non-hydrogen) atoms. The summed E-state index contributed by atoms with van der Waals surface area (Å²) in [6.45, 7) is 6.82. The lowest BCUT2D eigenvalue weighted by Crippen LogP contribution is -2.48. The fraction of sp³-hybridized carbons (Fsp3) is 0.450. The van der Waals surface area contributed by atoms with Crippen LogP contribution in [0.1, 0.15) is 55.6 Å². The quantitative estimate of drug-likeness (QED) is 0.870. The lowest BCUT2D eigenvalue weighted by molar-refractivity contribution is -0.150. The second-order valence-electron chi connectivity index (χ2n) is 7.51. The van der Waals surface area contributed by atoms with Crippen LogP contribution in [0.2, 0.25) is 0 Å². The van der Waals surface area contributed by atoms with Crippen molar-refractivity contribution in [1.82, 2.24) is 9.88 Å². The van der Waals surface area contributed by atoms with Crippen molar-refractivity contribution >= 4 is 23.2 Å². The predicted octanol–water partition coefficient (Wildman–Crippen LogP) is 4.26. The lowest BCUT2D eigenvalue weighted by atomic mass is 9.82. The Bertz CT molecular complexity index is 813. The van der Waals surface area contributed by atoms with Gasteiger partial charge in [-0.3, -0.25) is 9.59 Å². The fourth-order valence-corrected chi connectivity index (χ4v) is 4.06. The van der Waals surface area contributed by atoms with Gasteiger partial charge >= 0.3 is 5.97 Å². The van der Waals surface area contributed by atoms with Crippen LogP contribution >= 0.6 is 11.3 Å². The second-order valence-corrected chi connectivity index (χ2v) is 8.37. The normalized spacial score (nSPS) is 20.4.